The molecule has 84 valence electrons. The Balaban J connectivity index is 2.22. The summed E-state index contributed by atoms with van der Waals surface area (Å²) in [6.07, 6.45) is 3.30. The fraction of sp³-hybridized carbons (Fsp3) is 0.364. The molecule has 5 heteroatoms. The van der Waals surface area contributed by atoms with Gasteiger partial charge in [-0.2, -0.15) is 0 Å². The second-order valence-corrected chi connectivity index (χ2v) is 3.81. The van der Waals surface area contributed by atoms with Gasteiger partial charge in [0.15, 0.2) is 0 Å². The van der Waals surface area contributed by atoms with Crippen molar-refractivity contribution >= 4 is 11.6 Å². The molecule has 2 aromatic rings. The molecule has 0 unspecified atom stereocenters. The molecule has 0 N–H and O–H groups in total. The maximum absolute atomic E-state index is 5.60. The second-order valence-electron chi connectivity index (χ2n) is 3.43. The summed E-state index contributed by atoms with van der Waals surface area (Å²) in [7, 11) is 0. The zero-order valence-electron chi connectivity index (χ0n) is 8.98. The van der Waals surface area contributed by atoms with Crippen molar-refractivity contribution in [2.45, 2.75) is 19.8 Å². The predicted octanol–water partition coefficient (Wildman–Crippen LogP) is 2.61. The lowest BCUT2D eigenvalue weighted by Gasteiger charge is -1.97. The van der Waals surface area contributed by atoms with Crippen LogP contribution in [0.2, 0.25) is 0 Å². The Bertz CT molecular complexity index is 470. The number of halogens is 1. The van der Waals surface area contributed by atoms with E-state index in [1.54, 1.807) is 6.20 Å². The first kappa shape index (κ1) is 11.1. The average Bonchev–Trinajstić information content (AvgIpc) is 2.75. The molecule has 0 atom stereocenters. The normalized spacial score (nSPS) is 10.6. The Morgan fingerprint density at radius 1 is 1.38 bits per heavy atom. The molecule has 0 spiro atoms. The summed E-state index contributed by atoms with van der Waals surface area (Å²) in [5, 5.41) is 7.97. The Labute approximate surface area is 98.7 Å². The number of aromatic nitrogens is 3. The Kier molecular flexibility index (Phi) is 3.51. The first-order valence-electron chi connectivity index (χ1n) is 5.11. The zero-order chi connectivity index (χ0) is 11.4. The van der Waals surface area contributed by atoms with Crippen LogP contribution in [0.1, 0.15) is 18.0 Å². The lowest BCUT2D eigenvalue weighted by Crippen LogP contribution is -1.86. The molecule has 2 aromatic heterocycles. The summed E-state index contributed by atoms with van der Waals surface area (Å²) in [6.45, 7) is 1.91. The first-order valence-corrected chi connectivity index (χ1v) is 5.65. The number of rotatable bonds is 4. The van der Waals surface area contributed by atoms with Crippen LogP contribution in [0.25, 0.3) is 11.5 Å². The van der Waals surface area contributed by atoms with Gasteiger partial charge in [0.05, 0.1) is 5.56 Å². The minimum absolute atomic E-state index is 0.523. The van der Waals surface area contributed by atoms with Crippen molar-refractivity contribution in [3.63, 3.8) is 0 Å². The smallest absolute Gasteiger partial charge is 0.249 e. The molecule has 0 aliphatic heterocycles. The number of hydrogen-bond donors (Lipinski definition) is 0. The van der Waals surface area contributed by atoms with Crippen molar-refractivity contribution in [1.82, 2.24) is 15.2 Å². The highest BCUT2D eigenvalue weighted by Gasteiger charge is 2.10. The summed E-state index contributed by atoms with van der Waals surface area (Å²) < 4.78 is 5.53. The third-order valence-electron chi connectivity index (χ3n) is 2.23. The number of nitrogens with zero attached hydrogens (tertiary/aromatic N) is 3. The minimum Gasteiger partial charge on any atom is -0.421 e. The lowest BCUT2D eigenvalue weighted by atomic mass is 10.2. The van der Waals surface area contributed by atoms with Crippen LogP contribution in [-0.4, -0.2) is 21.1 Å². The molecular formula is C11H12ClN3O. The predicted molar refractivity (Wildman–Crippen MR) is 61.3 cm³/mol. The van der Waals surface area contributed by atoms with Gasteiger partial charge in [-0.05, 0) is 25.5 Å². The summed E-state index contributed by atoms with van der Waals surface area (Å²) in [5.74, 6) is 1.75. The molecule has 0 aliphatic rings. The minimum atomic E-state index is 0.523. The Hall–Kier alpha value is -1.42. The van der Waals surface area contributed by atoms with Crippen LogP contribution in [-0.2, 0) is 6.42 Å². The van der Waals surface area contributed by atoms with E-state index in [9.17, 15) is 0 Å². The van der Waals surface area contributed by atoms with Gasteiger partial charge in [-0.1, -0.05) is 0 Å². The van der Waals surface area contributed by atoms with Gasteiger partial charge in [-0.3, -0.25) is 4.98 Å². The molecule has 0 aromatic carbocycles. The maximum atomic E-state index is 5.60. The fourth-order valence-electron chi connectivity index (χ4n) is 1.39. The van der Waals surface area contributed by atoms with E-state index in [0.29, 0.717) is 17.7 Å². The lowest BCUT2D eigenvalue weighted by molar-refractivity contribution is 0.502. The molecule has 0 saturated carbocycles. The molecule has 0 saturated heterocycles. The van der Waals surface area contributed by atoms with Crippen molar-refractivity contribution in [3.05, 3.63) is 29.9 Å². The molecule has 2 rings (SSSR count). The molecule has 4 nitrogen and oxygen atoms in total. The summed E-state index contributed by atoms with van der Waals surface area (Å²) in [6, 6.07) is 3.77. The molecule has 0 radical (unpaired) electrons. The van der Waals surface area contributed by atoms with Gasteiger partial charge in [0.2, 0.25) is 11.8 Å². The van der Waals surface area contributed by atoms with Gasteiger partial charge in [-0.25, -0.2) is 0 Å². The fourth-order valence-corrected chi connectivity index (χ4v) is 1.53. The van der Waals surface area contributed by atoms with E-state index in [1.807, 2.05) is 19.1 Å². The first-order chi connectivity index (χ1) is 7.81. The number of hydrogen-bond acceptors (Lipinski definition) is 4. The van der Waals surface area contributed by atoms with Crippen LogP contribution in [0.4, 0.5) is 0 Å². The molecule has 0 amide bonds. The van der Waals surface area contributed by atoms with E-state index in [2.05, 4.69) is 15.2 Å². The molecule has 2 heterocycles. The monoisotopic (exact) mass is 237 g/mol. The molecular weight excluding hydrogens is 226 g/mol. The van der Waals surface area contributed by atoms with Crippen molar-refractivity contribution in [1.29, 1.82) is 0 Å². The summed E-state index contributed by atoms with van der Waals surface area (Å²) >= 11 is 5.60. The molecule has 0 fully saturated rings. The van der Waals surface area contributed by atoms with Gasteiger partial charge >= 0.3 is 0 Å². The largest absolute Gasteiger partial charge is 0.421 e. The highest BCUT2D eigenvalue weighted by atomic mass is 35.5. The number of aryl methyl sites for hydroxylation is 2. The quantitative estimate of drug-likeness (QED) is 0.767. The molecule has 0 aliphatic carbocycles. The van der Waals surface area contributed by atoms with Crippen molar-refractivity contribution in [3.8, 4) is 11.5 Å². The third kappa shape index (κ3) is 2.39. The van der Waals surface area contributed by atoms with Gasteiger partial charge in [0.25, 0.3) is 0 Å². The van der Waals surface area contributed by atoms with E-state index in [0.717, 1.165) is 24.1 Å². The zero-order valence-corrected chi connectivity index (χ0v) is 9.74. The second kappa shape index (κ2) is 5.07. The van der Waals surface area contributed by atoms with Crippen LogP contribution in [0, 0.1) is 6.92 Å². The van der Waals surface area contributed by atoms with E-state index < -0.39 is 0 Å². The van der Waals surface area contributed by atoms with E-state index >= 15 is 0 Å². The van der Waals surface area contributed by atoms with E-state index in [-0.39, 0.29) is 0 Å². The maximum Gasteiger partial charge on any atom is 0.249 e. The average molecular weight is 238 g/mol. The van der Waals surface area contributed by atoms with E-state index in [1.165, 1.54) is 0 Å². The van der Waals surface area contributed by atoms with Gasteiger partial charge in [0, 0.05) is 24.2 Å². The highest BCUT2D eigenvalue weighted by molar-refractivity contribution is 6.17. The standard InChI is InChI=1S/C11H12ClN3O/c1-8-9(4-3-7-13-8)11-15-14-10(16-11)5-2-6-12/h3-4,7H,2,5-6H2,1H3. The summed E-state index contributed by atoms with van der Waals surface area (Å²) in [5.41, 5.74) is 1.77. The SMILES string of the molecule is Cc1ncccc1-c1nnc(CCCCl)o1. The van der Waals surface area contributed by atoms with Crippen LogP contribution in [0.5, 0.6) is 0 Å². The Morgan fingerprint density at radius 2 is 2.25 bits per heavy atom. The molecule has 0 bridgehead atoms. The summed E-state index contributed by atoms with van der Waals surface area (Å²) in [4.78, 5) is 4.18. The van der Waals surface area contributed by atoms with Crippen LogP contribution < -0.4 is 0 Å². The van der Waals surface area contributed by atoms with Gasteiger partial charge in [0.1, 0.15) is 0 Å². The number of pyridine rings is 1. The van der Waals surface area contributed by atoms with Crippen molar-refractivity contribution in [2.24, 2.45) is 0 Å². The van der Waals surface area contributed by atoms with Crippen molar-refractivity contribution < 1.29 is 4.42 Å². The van der Waals surface area contributed by atoms with E-state index in [4.69, 9.17) is 16.0 Å². The topological polar surface area (TPSA) is 51.8 Å². The van der Waals surface area contributed by atoms with Gasteiger partial charge in [-0.15, -0.1) is 21.8 Å². The van der Waals surface area contributed by atoms with Gasteiger partial charge < -0.3 is 4.42 Å². The Morgan fingerprint density at radius 3 is 3.00 bits per heavy atom. The van der Waals surface area contributed by atoms with Crippen LogP contribution in [0.3, 0.4) is 0 Å². The molecule has 16 heavy (non-hydrogen) atoms. The van der Waals surface area contributed by atoms with Crippen LogP contribution in [0.15, 0.2) is 22.7 Å². The van der Waals surface area contributed by atoms with Crippen molar-refractivity contribution in [2.75, 3.05) is 5.88 Å². The highest BCUT2D eigenvalue weighted by Crippen LogP contribution is 2.20. The number of alkyl halides is 1. The third-order valence-corrected chi connectivity index (χ3v) is 2.50. The van der Waals surface area contributed by atoms with Crippen LogP contribution >= 0.6 is 11.6 Å².